The van der Waals surface area contributed by atoms with Gasteiger partial charge in [-0.3, -0.25) is 9.78 Å². The summed E-state index contributed by atoms with van der Waals surface area (Å²) in [5, 5.41) is 9.46. The van der Waals surface area contributed by atoms with Gasteiger partial charge in [0.1, 0.15) is 17.0 Å². The Morgan fingerprint density at radius 2 is 2.27 bits per heavy atom. The number of aryl methyl sites for hydroxylation is 1. The van der Waals surface area contributed by atoms with E-state index in [1.54, 1.807) is 6.20 Å². The van der Waals surface area contributed by atoms with Crippen LogP contribution in [0, 0.1) is 6.92 Å². The zero-order valence-corrected chi connectivity index (χ0v) is 14.3. The summed E-state index contributed by atoms with van der Waals surface area (Å²) in [6.07, 6.45) is 5.90. The molecule has 0 aliphatic carbocycles. The second kappa shape index (κ2) is 6.25. The van der Waals surface area contributed by atoms with Gasteiger partial charge in [0.05, 0.1) is 5.39 Å². The number of rotatable bonds is 3. The van der Waals surface area contributed by atoms with Crippen LogP contribution in [0.5, 0.6) is 0 Å². The molecule has 0 bridgehead atoms. The summed E-state index contributed by atoms with van der Waals surface area (Å²) >= 11 is 0. The van der Waals surface area contributed by atoms with Crippen LogP contribution in [0.25, 0.3) is 11.0 Å². The zero-order valence-electron chi connectivity index (χ0n) is 14.3. The molecular weight excluding hydrogens is 332 g/mol. The van der Waals surface area contributed by atoms with Crippen molar-refractivity contribution in [2.45, 2.75) is 19.3 Å². The predicted molar refractivity (Wildman–Crippen MR) is 97.9 cm³/mol. The summed E-state index contributed by atoms with van der Waals surface area (Å²) in [4.78, 5) is 37.4. The van der Waals surface area contributed by atoms with E-state index in [1.807, 2.05) is 25.3 Å². The molecule has 7 heteroatoms. The van der Waals surface area contributed by atoms with E-state index in [1.165, 1.54) is 11.8 Å². The van der Waals surface area contributed by atoms with Crippen molar-refractivity contribution in [2.75, 3.05) is 18.0 Å². The lowest BCUT2D eigenvalue weighted by Gasteiger charge is -2.19. The van der Waals surface area contributed by atoms with E-state index < -0.39 is 11.4 Å². The molecule has 1 atom stereocenters. The van der Waals surface area contributed by atoms with Gasteiger partial charge in [0.25, 0.3) is 0 Å². The first-order valence-corrected chi connectivity index (χ1v) is 8.46. The molecule has 4 heterocycles. The molecule has 3 aromatic rings. The second-order valence-corrected chi connectivity index (χ2v) is 6.58. The molecule has 7 nitrogen and oxygen atoms in total. The Kier molecular flexibility index (Phi) is 3.91. The predicted octanol–water partition coefficient (Wildman–Crippen LogP) is 2.32. The van der Waals surface area contributed by atoms with Crippen LogP contribution in [0.3, 0.4) is 0 Å². The highest BCUT2D eigenvalue weighted by atomic mass is 16.4. The topological polar surface area (TPSA) is 99.2 Å². The van der Waals surface area contributed by atoms with Crippen LogP contribution in [0.15, 0.2) is 41.6 Å². The largest absolute Gasteiger partial charge is 0.477 e. The van der Waals surface area contributed by atoms with Gasteiger partial charge in [0, 0.05) is 37.6 Å². The molecular formula is C19H18N4O3. The molecule has 0 saturated carbocycles. The molecule has 0 spiro atoms. The van der Waals surface area contributed by atoms with Gasteiger partial charge in [-0.2, -0.15) is 0 Å². The highest BCUT2D eigenvalue weighted by Gasteiger charge is 2.26. The number of carbonyl (C=O) groups is 1. The third-order valence-electron chi connectivity index (χ3n) is 4.93. The van der Waals surface area contributed by atoms with Gasteiger partial charge in [0.2, 0.25) is 5.43 Å². The summed E-state index contributed by atoms with van der Waals surface area (Å²) in [5.41, 5.74) is 1.58. The highest BCUT2D eigenvalue weighted by molar-refractivity contribution is 5.92. The van der Waals surface area contributed by atoms with E-state index in [0.717, 1.165) is 30.9 Å². The molecule has 3 aromatic heterocycles. The number of fused-ring (bicyclic) bond motifs is 1. The maximum absolute atomic E-state index is 12.4. The van der Waals surface area contributed by atoms with Crippen LogP contribution in [-0.2, 0) is 0 Å². The zero-order chi connectivity index (χ0) is 18.3. The van der Waals surface area contributed by atoms with Crippen LogP contribution in [-0.4, -0.2) is 39.1 Å². The lowest BCUT2D eigenvalue weighted by molar-refractivity contribution is 0.0695. The summed E-state index contributed by atoms with van der Waals surface area (Å²) < 4.78 is 0. The first-order chi connectivity index (χ1) is 12.5. The maximum atomic E-state index is 12.4. The Bertz CT molecular complexity index is 1050. The molecule has 1 unspecified atom stereocenters. The van der Waals surface area contributed by atoms with Crippen molar-refractivity contribution in [2.24, 2.45) is 0 Å². The Balaban J connectivity index is 1.69. The molecule has 1 saturated heterocycles. The van der Waals surface area contributed by atoms with Gasteiger partial charge in [-0.25, -0.2) is 9.78 Å². The molecule has 2 N–H and O–H groups in total. The first kappa shape index (κ1) is 16.3. The maximum Gasteiger partial charge on any atom is 0.341 e. The number of aromatic nitrogens is 3. The normalized spacial score (nSPS) is 17.0. The van der Waals surface area contributed by atoms with Crippen LogP contribution in [0.1, 0.15) is 33.8 Å². The number of hydrogen-bond acceptors (Lipinski definition) is 5. The Labute approximate surface area is 149 Å². The number of carboxylic acids is 1. The summed E-state index contributed by atoms with van der Waals surface area (Å²) in [7, 11) is 0. The number of H-pyrrole nitrogens is 1. The third-order valence-corrected chi connectivity index (χ3v) is 4.93. The number of nitrogens with zero attached hydrogens (tertiary/aromatic N) is 3. The fraction of sp³-hybridized carbons (Fsp3) is 0.263. The highest BCUT2D eigenvalue weighted by Crippen LogP contribution is 2.30. The van der Waals surface area contributed by atoms with Crippen LogP contribution < -0.4 is 10.3 Å². The molecule has 132 valence electrons. The van der Waals surface area contributed by atoms with E-state index in [9.17, 15) is 9.59 Å². The van der Waals surface area contributed by atoms with Gasteiger partial charge >= 0.3 is 5.97 Å². The lowest BCUT2D eigenvalue weighted by Crippen LogP contribution is -2.22. The fourth-order valence-electron chi connectivity index (χ4n) is 3.57. The van der Waals surface area contributed by atoms with Crippen molar-refractivity contribution in [3.63, 3.8) is 0 Å². The van der Waals surface area contributed by atoms with Crippen molar-refractivity contribution in [3.8, 4) is 0 Å². The quantitative estimate of drug-likeness (QED) is 0.752. The Hall–Kier alpha value is -3.22. The molecule has 1 aliphatic heterocycles. The minimum absolute atomic E-state index is 0.270. The van der Waals surface area contributed by atoms with Gasteiger partial charge < -0.3 is 15.0 Å². The van der Waals surface area contributed by atoms with E-state index in [2.05, 4.69) is 25.9 Å². The van der Waals surface area contributed by atoms with Crippen molar-refractivity contribution in [1.29, 1.82) is 0 Å². The smallest absolute Gasteiger partial charge is 0.341 e. The number of aromatic amines is 1. The van der Waals surface area contributed by atoms with Crippen LogP contribution >= 0.6 is 0 Å². The molecule has 0 radical (unpaired) electrons. The molecule has 26 heavy (non-hydrogen) atoms. The van der Waals surface area contributed by atoms with Crippen LogP contribution in [0.4, 0.5) is 5.82 Å². The number of pyridine rings is 3. The molecule has 0 aromatic carbocycles. The minimum Gasteiger partial charge on any atom is -0.477 e. The summed E-state index contributed by atoms with van der Waals surface area (Å²) in [6.45, 7) is 3.51. The molecule has 1 fully saturated rings. The average Bonchev–Trinajstić information content (AvgIpc) is 3.12. The van der Waals surface area contributed by atoms with E-state index in [-0.39, 0.29) is 5.56 Å². The fourth-order valence-corrected chi connectivity index (χ4v) is 3.57. The number of hydrogen-bond donors (Lipinski definition) is 2. The Morgan fingerprint density at radius 1 is 1.42 bits per heavy atom. The second-order valence-electron chi connectivity index (χ2n) is 6.58. The van der Waals surface area contributed by atoms with Crippen molar-refractivity contribution in [1.82, 2.24) is 15.0 Å². The van der Waals surface area contributed by atoms with Crippen molar-refractivity contribution >= 4 is 22.8 Å². The van der Waals surface area contributed by atoms with Gasteiger partial charge in [-0.05, 0) is 36.6 Å². The number of anilines is 1. The minimum atomic E-state index is -1.24. The van der Waals surface area contributed by atoms with Gasteiger partial charge in [-0.1, -0.05) is 6.07 Å². The number of aromatic carboxylic acids is 1. The Morgan fingerprint density at radius 3 is 3.00 bits per heavy atom. The SMILES string of the molecule is Cc1cc(N2CCC(c3cccnc3)C2)nc2[nH]cc(C(=O)O)c(=O)c12. The van der Waals surface area contributed by atoms with Gasteiger partial charge in [-0.15, -0.1) is 0 Å². The average molecular weight is 350 g/mol. The third kappa shape index (κ3) is 2.71. The number of nitrogens with one attached hydrogen (secondary N) is 1. The van der Waals surface area contributed by atoms with E-state index in [4.69, 9.17) is 5.11 Å². The van der Waals surface area contributed by atoms with Crippen LogP contribution in [0.2, 0.25) is 0 Å². The molecule has 1 aliphatic rings. The van der Waals surface area contributed by atoms with Crippen molar-refractivity contribution in [3.05, 3.63) is 63.7 Å². The lowest BCUT2D eigenvalue weighted by atomic mass is 10.0. The molecule has 4 rings (SSSR count). The van der Waals surface area contributed by atoms with E-state index in [0.29, 0.717) is 17.0 Å². The standard InChI is InChI=1S/C19H18N4O3/c1-11-7-15(22-18-16(11)17(24)14(9-21-18)19(25)26)23-6-4-13(10-23)12-3-2-5-20-8-12/h2-3,5,7-9,13H,4,6,10H2,1H3,(H,25,26)(H,21,22,24). The number of carboxylic acid groups (broad SMARTS) is 1. The first-order valence-electron chi connectivity index (χ1n) is 8.46. The summed E-state index contributed by atoms with van der Waals surface area (Å²) in [5.74, 6) is -0.0504. The van der Waals surface area contributed by atoms with Gasteiger partial charge in [0.15, 0.2) is 0 Å². The van der Waals surface area contributed by atoms with Crippen molar-refractivity contribution < 1.29 is 9.90 Å². The molecule has 0 amide bonds. The van der Waals surface area contributed by atoms with E-state index >= 15 is 0 Å². The monoisotopic (exact) mass is 350 g/mol. The summed E-state index contributed by atoms with van der Waals surface area (Å²) in [6, 6.07) is 5.89.